The molecule has 0 aliphatic carbocycles. The molecule has 1 fully saturated rings. The number of hydrogen-bond donors (Lipinski definition) is 2. The van der Waals surface area contributed by atoms with Crippen molar-refractivity contribution in [3.8, 4) is 0 Å². The van der Waals surface area contributed by atoms with Crippen LogP contribution in [-0.4, -0.2) is 40.5 Å². The number of likely N-dealkylation sites (tertiary alicyclic amines) is 1. The molecule has 1 amide bonds. The average molecular weight is 351 g/mol. The molecule has 3 rings (SSSR count). The molecule has 1 aliphatic heterocycles. The third kappa shape index (κ3) is 4.60. The number of aliphatic hydroxyl groups is 1. The van der Waals surface area contributed by atoms with Gasteiger partial charge in [0.05, 0.1) is 6.10 Å². The molecule has 7 heteroatoms. The summed E-state index contributed by atoms with van der Waals surface area (Å²) >= 11 is 3.05. The molecule has 3 heterocycles. The fourth-order valence-electron chi connectivity index (χ4n) is 2.91. The molecule has 0 radical (unpaired) electrons. The Morgan fingerprint density at radius 2 is 2.22 bits per heavy atom. The minimum absolute atomic E-state index is 0.0145. The Kier molecular flexibility index (Phi) is 5.77. The molecule has 5 nitrogen and oxygen atoms in total. The van der Waals surface area contributed by atoms with Crippen molar-refractivity contribution in [3.63, 3.8) is 0 Å². The van der Waals surface area contributed by atoms with Gasteiger partial charge in [-0.2, -0.15) is 0 Å². The van der Waals surface area contributed by atoms with E-state index in [1.165, 1.54) is 11.3 Å². The van der Waals surface area contributed by atoms with E-state index in [0.717, 1.165) is 37.4 Å². The van der Waals surface area contributed by atoms with E-state index >= 15 is 0 Å². The van der Waals surface area contributed by atoms with Crippen molar-refractivity contribution < 1.29 is 9.90 Å². The van der Waals surface area contributed by atoms with Crippen LogP contribution in [0.5, 0.6) is 0 Å². The summed E-state index contributed by atoms with van der Waals surface area (Å²) in [6.45, 7) is 2.65. The van der Waals surface area contributed by atoms with Gasteiger partial charge in [-0.1, -0.05) is 6.07 Å². The molecular formula is C16H21N3O2S2. The normalized spacial score (nSPS) is 18.0. The van der Waals surface area contributed by atoms with Crippen LogP contribution in [0.2, 0.25) is 0 Å². The van der Waals surface area contributed by atoms with Gasteiger partial charge < -0.3 is 15.3 Å². The Labute approximate surface area is 144 Å². The first-order valence-corrected chi connectivity index (χ1v) is 9.61. The van der Waals surface area contributed by atoms with Gasteiger partial charge in [0.1, 0.15) is 0 Å². The van der Waals surface area contributed by atoms with E-state index in [9.17, 15) is 9.90 Å². The summed E-state index contributed by atoms with van der Waals surface area (Å²) < 4.78 is 0. The first-order valence-electron chi connectivity index (χ1n) is 7.85. The molecule has 1 saturated heterocycles. The smallest absolute Gasteiger partial charge is 0.227 e. The average Bonchev–Trinajstić information content (AvgIpc) is 3.26. The van der Waals surface area contributed by atoms with Crippen molar-refractivity contribution in [3.05, 3.63) is 34.0 Å². The second-order valence-electron chi connectivity index (χ2n) is 5.77. The number of amides is 1. The van der Waals surface area contributed by atoms with Crippen LogP contribution in [0, 0.1) is 5.92 Å². The summed E-state index contributed by atoms with van der Waals surface area (Å²) in [6.07, 6.45) is 3.78. The van der Waals surface area contributed by atoms with Gasteiger partial charge in [-0.05, 0) is 43.3 Å². The van der Waals surface area contributed by atoms with Gasteiger partial charge in [0.15, 0.2) is 5.13 Å². The number of anilines is 1. The second kappa shape index (κ2) is 8.01. The topological polar surface area (TPSA) is 65.5 Å². The number of thiophene rings is 1. The molecule has 0 unspecified atom stereocenters. The van der Waals surface area contributed by atoms with Crippen LogP contribution in [0.4, 0.5) is 5.13 Å². The number of carbonyl (C=O) groups excluding carboxylic acids is 1. The summed E-state index contributed by atoms with van der Waals surface area (Å²) in [5.41, 5.74) is 0. The van der Waals surface area contributed by atoms with Gasteiger partial charge in [0.2, 0.25) is 5.91 Å². The van der Waals surface area contributed by atoms with Crippen LogP contribution in [0.25, 0.3) is 0 Å². The molecule has 2 N–H and O–H groups in total. The Hall–Kier alpha value is -1.28. The third-order valence-electron chi connectivity index (χ3n) is 4.25. The van der Waals surface area contributed by atoms with Gasteiger partial charge in [-0.15, -0.1) is 22.7 Å². The van der Waals surface area contributed by atoms with Crippen molar-refractivity contribution in [1.82, 2.24) is 9.88 Å². The SMILES string of the molecule is O=C(CCN1CCC([C@@H](O)c2cccs2)CC1)Nc1nccs1. The summed E-state index contributed by atoms with van der Waals surface area (Å²) in [4.78, 5) is 19.3. The van der Waals surface area contributed by atoms with E-state index in [1.54, 1.807) is 17.5 Å². The zero-order chi connectivity index (χ0) is 16.1. The van der Waals surface area contributed by atoms with Crippen LogP contribution in [0.1, 0.15) is 30.2 Å². The maximum atomic E-state index is 11.9. The lowest BCUT2D eigenvalue weighted by atomic mass is 9.90. The Balaban J connectivity index is 1.38. The number of nitrogens with zero attached hydrogens (tertiary/aromatic N) is 2. The van der Waals surface area contributed by atoms with Crippen LogP contribution < -0.4 is 5.32 Å². The summed E-state index contributed by atoms with van der Waals surface area (Å²) in [7, 11) is 0. The lowest BCUT2D eigenvalue weighted by Gasteiger charge is -2.33. The molecule has 124 valence electrons. The monoisotopic (exact) mass is 351 g/mol. The summed E-state index contributed by atoms with van der Waals surface area (Å²) in [5.74, 6) is 0.342. The number of hydrogen-bond acceptors (Lipinski definition) is 6. The molecule has 1 atom stereocenters. The second-order valence-corrected chi connectivity index (χ2v) is 7.65. The van der Waals surface area contributed by atoms with Gasteiger partial charge >= 0.3 is 0 Å². The molecule has 23 heavy (non-hydrogen) atoms. The fraction of sp³-hybridized carbons (Fsp3) is 0.500. The first kappa shape index (κ1) is 16.6. The molecular weight excluding hydrogens is 330 g/mol. The molecule has 0 saturated carbocycles. The van der Waals surface area contributed by atoms with Crippen LogP contribution >= 0.6 is 22.7 Å². The molecule has 1 aliphatic rings. The van der Waals surface area contributed by atoms with E-state index in [4.69, 9.17) is 0 Å². The summed E-state index contributed by atoms with van der Waals surface area (Å²) in [5, 5.41) is 17.7. The van der Waals surface area contributed by atoms with Crippen molar-refractivity contribution in [2.45, 2.75) is 25.4 Å². The molecule has 2 aromatic rings. The maximum absolute atomic E-state index is 11.9. The van der Waals surface area contributed by atoms with Gasteiger partial charge in [0, 0.05) is 29.4 Å². The minimum atomic E-state index is -0.342. The molecule has 0 spiro atoms. The quantitative estimate of drug-likeness (QED) is 0.840. The van der Waals surface area contributed by atoms with E-state index in [2.05, 4.69) is 15.2 Å². The number of thiazole rings is 1. The molecule has 0 aromatic carbocycles. The van der Waals surface area contributed by atoms with Crippen molar-refractivity contribution in [1.29, 1.82) is 0 Å². The highest BCUT2D eigenvalue weighted by molar-refractivity contribution is 7.13. The molecule has 0 bridgehead atoms. The highest BCUT2D eigenvalue weighted by atomic mass is 32.1. The minimum Gasteiger partial charge on any atom is -0.387 e. The lowest BCUT2D eigenvalue weighted by Crippen LogP contribution is -2.37. The zero-order valence-corrected chi connectivity index (χ0v) is 14.5. The Morgan fingerprint density at radius 3 is 2.87 bits per heavy atom. The van der Waals surface area contributed by atoms with E-state index in [-0.39, 0.29) is 12.0 Å². The summed E-state index contributed by atoms with van der Waals surface area (Å²) in [6, 6.07) is 3.99. The highest BCUT2D eigenvalue weighted by Gasteiger charge is 2.26. The predicted octanol–water partition coefficient (Wildman–Crippen LogP) is 2.98. The van der Waals surface area contributed by atoms with E-state index < -0.39 is 0 Å². The van der Waals surface area contributed by atoms with Crippen molar-refractivity contribution >= 4 is 33.7 Å². The standard InChI is InChI=1S/C16H21N3O2S2/c20-14(18-16-17-6-11-23-16)5-9-19-7-3-12(4-8-19)15(21)13-2-1-10-22-13/h1-2,6,10-12,15,21H,3-5,7-9H2,(H,17,18,20)/t15-/m1/s1. The van der Waals surface area contributed by atoms with Gasteiger partial charge in [-0.3, -0.25) is 4.79 Å². The Bertz CT molecular complexity index is 593. The fourth-order valence-corrected chi connectivity index (χ4v) is 4.26. The lowest BCUT2D eigenvalue weighted by molar-refractivity contribution is -0.116. The molecule has 2 aromatic heterocycles. The number of piperidine rings is 1. The number of nitrogens with one attached hydrogen (secondary N) is 1. The maximum Gasteiger partial charge on any atom is 0.227 e. The third-order valence-corrected chi connectivity index (χ3v) is 5.88. The first-order chi connectivity index (χ1) is 11.2. The highest BCUT2D eigenvalue weighted by Crippen LogP contribution is 2.32. The zero-order valence-electron chi connectivity index (χ0n) is 12.9. The van der Waals surface area contributed by atoms with Crippen LogP contribution in [-0.2, 0) is 4.79 Å². The van der Waals surface area contributed by atoms with Gasteiger partial charge in [0.25, 0.3) is 0 Å². The van der Waals surface area contributed by atoms with E-state index in [1.807, 2.05) is 22.9 Å². The van der Waals surface area contributed by atoms with E-state index in [0.29, 0.717) is 17.5 Å². The largest absolute Gasteiger partial charge is 0.387 e. The number of rotatable bonds is 6. The number of aliphatic hydroxyl groups excluding tert-OH is 1. The predicted molar refractivity (Wildman–Crippen MR) is 93.8 cm³/mol. The van der Waals surface area contributed by atoms with Gasteiger partial charge in [-0.25, -0.2) is 4.98 Å². The number of carbonyl (C=O) groups is 1. The van der Waals surface area contributed by atoms with Crippen molar-refractivity contribution in [2.75, 3.05) is 25.0 Å². The van der Waals surface area contributed by atoms with Crippen LogP contribution in [0.3, 0.4) is 0 Å². The number of aromatic nitrogens is 1. The van der Waals surface area contributed by atoms with Crippen LogP contribution in [0.15, 0.2) is 29.1 Å². The van der Waals surface area contributed by atoms with Crippen molar-refractivity contribution in [2.24, 2.45) is 5.92 Å². The Morgan fingerprint density at radius 1 is 1.39 bits per heavy atom.